The Morgan fingerprint density at radius 2 is 1.70 bits per heavy atom. The summed E-state index contributed by atoms with van der Waals surface area (Å²) in [6.07, 6.45) is 3.88. The molecule has 0 aliphatic heterocycles. The Morgan fingerprint density at radius 1 is 1.03 bits per heavy atom. The minimum Gasteiger partial charge on any atom is -0.359 e. The molecule has 37 heavy (non-hydrogen) atoms. The summed E-state index contributed by atoms with van der Waals surface area (Å²) < 4.78 is 10.4. The molecule has 2 unspecified atom stereocenters. The second-order valence-electron chi connectivity index (χ2n) is 8.62. The molecule has 1 aromatic heterocycles. The predicted octanol–water partition coefficient (Wildman–Crippen LogP) is 3.26. The summed E-state index contributed by atoms with van der Waals surface area (Å²) in [5.74, 6) is 4.73. The number of aromatic nitrogens is 1. The van der Waals surface area contributed by atoms with Crippen molar-refractivity contribution in [1.82, 2.24) is 15.8 Å². The number of aryl methyl sites for hydroxylation is 1. The Kier molecular flexibility index (Phi) is 10.8. The Hall–Kier alpha value is -4.03. The van der Waals surface area contributed by atoms with Crippen LogP contribution in [0.1, 0.15) is 39.0 Å². The van der Waals surface area contributed by atoms with Crippen LogP contribution in [0.2, 0.25) is 0 Å². The number of pyridine rings is 1. The Labute approximate surface area is 217 Å². The van der Waals surface area contributed by atoms with Gasteiger partial charge in [0.2, 0.25) is 5.91 Å². The summed E-state index contributed by atoms with van der Waals surface area (Å²) in [7, 11) is 1.50. The topological polar surface area (TPSA) is 110 Å². The van der Waals surface area contributed by atoms with Crippen LogP contribution in [0.5, 0.6) is 0 Å². The van der Waals surface area contributed by atoms with Crippen molar-refractivity contribution >= 4 is 11.8 Å². The lowest BCUT2D eigenvalue weighted by molar-refractivity contribution is -0.134. The molecule has 2 amide bonds. The molecule has 2 aromatic carbocycles. The number of nitrogens with one attached hydrogen (secondary N) is 2. The maximum absolute atomic E-state index is 13.0. The maximum atomic E-state index is 13.0. The van der Waals surface area contributed by atoms with Gasteiger partial charge in [0.15, 0.2) is 0 Å². The number of carbonyl (C=O) groups excluding carboxylic acids is 2. The molecule has 3 N–H and O–H groups in total. The molecule has 0 fully saturated rings. The van der Waals surface area contributed by atoms with Gasteiger partial charge in [0, 0.05) is 42.1 Å². The first-order valence-corrected chi connectivity index (χ1v) is 11.9. The molecule has 3 aromatic rings. The van der Waals surface area contributed by atoms with Gasteiger partial charge >= 0.3 is 0 Å². The van der Waals surface area contributed by atoms with Crippen LogP contribution in [0.4, 0.5) is 0 Å². The molecule has 0 radical (unpaired) electrons. The SMILES string of the molecule is COCOCC(CC(Cc1cccnc1)C(=O)NO)NC(=O)c1ccc(C#Cc2ccc(C)cc2)cc1. The van der Waals surface area contributed by atoms with Gasteiger partial charge in [0.1, 0.15) is 6.79 Å². The van der Waals surface area contributed by atoms with Crippen molar-refractivity contribution in [2.45, 2.75) is 25.8 Å². The summed E-state index contributed by atoms with van der Waals surface area (Å²) in [6, 6.07) is 18.1. The standard InChI is InChI=1S/C29H31N3O5/c1-21-5-7-22(8-6-21)9-10-23-11-13-25(14-12-23)28(33)31-27(19-37-20-36-2)17-26(29(34)32-35)16-24-4-3-15-30-18-24/h3-8,11-15,18,26-27,35H,16-17,19-20H2,1-2H3,(H,31,33)(H,32,34). The minimum absolute atomic E-state index is 0.0419. The molecule has 1 heterocycles. The van der Waals surface area contributed by atoms with Crippen LogP contribution in [-0.2, 0) is 20.7 Å². The van der Waals surface area contributed by atoms with Crippen molar-refractivity contribution in [3.63, 3.8) is 0 Å². The third-order valence-electron chi connectivity index (χ3n) is 5.66. The van der Waals surface area contributed by atoms with Crippen LogP contribution in [0, 0.1) is 24.7 Å². The van der Waals surface area contributed by atoms with E-state index in [4.69, 9.17) is 9.47 Å². The monoisotopic (exact) mass is 501 g/mol. The summed E-state index contributed by atoms with van der Waals surface area (Å²) in [5.41, 5.74) is 5.89. The van der Waals surface area contributed by atoms with Gasteiger partial charge in [-0.05, 0) is 67.8 Å². The van der Waals surface area contributed by atoms with Crippen LogP contribution in [-0.4, -0.2) is 48.6 Å². The van der Waals surface area contributed by atoms with Crippen molar-refractivity contribution in [2.75, 3.05) is 20.5 Å². The predicted molar refractivity (Wildman–Crippen MR) is 139 cm³/mol. The number of amides is 2. The van der Waals surface area contributed by atoms with Crippen LogP contribution in [0.25, 0.3) is 0 Å². The van der Waals surface area contributed by atoms with Crippen LogP contribution >= 0.6 is 0 Å². The van der Waals surface area contributed by atoms with Gasteiger partial charge in [-0.3, -0.25) is 19.8 Å². The zero-order valence-corrected chi connectivity index (χ0v) is 20.9. The van der Waals surface area contributed by atoms with Gasteiger partial charge in [-0.15, -0.1) is 0 Å². The largest absolute Gasteiger partial charge is 0.359 e. The number of rotatable bonds is 11. The van der Waals surface area contributed by atoms with Crippen LogP contribution in [0.15, 0.2) is 73.1 Å². The van der Waals surface area contributed by atoms with E-state index in [9.17, 15) is 14.8 Å². The Bertz CT molecular complexity index is 1200. The lowest BCUT2D eigenvalue weighted by Crippen LogP contribution is -2.42. The molecule has 0 bridgehead atoms. The van der Waals surface area contributed by atoms with Crippen LogP contribution < -0.4 is 10.8 Å². The zero-order chi connectivity index (χ0) is 26.5. The first-order valence-electron chi connectivity index (χ1n) is 11.9. The molecule has 0 spiro atoms. The van der Waals surface area contributed by atoms with Crippen molar-refractivity contribution < 1.29 is 24.3 Å². The van der Waals surface area contributed by atoms with Gasteiger partial charge in [0.05, 0.1) is 12.6 Å². The van der Waals surface area contributed by atoms with E-state index in [-0.39, 0.29) is 25.7 Å². The molecular formula is C29H31N3O5. The lowest BCUT2D eigenvalue weighted by Gasteiger charge is -2.23. The van der Waals surface area contributed by atoms with Crippen molar-refractivity contribution in [3.05, 3.63) is 101 Å². The number of hydroxylamine groups is 1. The van der Waals surface area contributed by atoms with E-state index in [0.717, 1.165) is 16.7 Å². The molecule has 8 heteroatoms. The number of hydrogen-bond acceptors (Lipinski definition) is 6. The van der Waals surface area contributed by atoms with Gasteiger partial charge < -0.3 is 14.8 Å². The highest BCUT2D eigenvalue weighted by molar-refractivity contribution is 5.94. The van der Waals surface area contributed by atoms with E-state index in [1.165, 1.54) is 12.7 Å². The van der Waals surface area contributed by atoms with Gasteiger partial charge in [-0.25, -0.2) is 5.48 Å². The Morgan fingerprint density at radius 3 is 2.30 bits per heavy atom. The molecule has 0 saturated heterocycles. The highest BCUT2D eigenvalue weighted by atomic mass is 16.7. The molecule has 3 rings (SSSR count). The average Bonchev–Trinajstić information content (AvgIpc) is 2.92. The van der Waals surface area contributed by atoms with Gasteiger partial charge in [-0.2, -0.15) is 0 Å². The summed E-state index contributed by atoms with van der Waals surface area (Å²) in [5, 5.41) is 12.2. The van der Waals surface area contributed by atoms with E-state index in [1.54, 1.807) is 48.2 Å². The summed E-state index contributed by atoms with van der Waals surface area (Å²) in [6.45, 7) is 2.19. The quantitative estimate of drug-likeness (QED) is 0.122. The lowest BCUT2D eigenvalue weighted by atomic mass is 9.92. The molecule has 192 valence electrons. The molecule has 8 nitrogen and oxygen atoms in total. The van der Waals surface area contributed by atoms with Crippen molar-refractivity contribution in [1.29, 1.82) is 0 Å². The second-order valence-corrected chi connectivity index (χ2v) is 8.62. The fourth-order valence-electron chi connectivity index (χ4n) is 3.72. The fourth-order valence-corrected chi connectivity index (χ4v) is 3.72. The molecule has 2 atom stereocenters. The number of nitrogens with zero attached hydrogens (tertiary/aromatic N) is 1. The highest BCUT2D eigenvalue weighted by Crippen LogP contribution is 2.16. The number of benzene rings is 2. The number of methoxy groups -OCH3 is 1. The molecular weight excluding hydrogens is 470 g/mol. The normalized spacial score (nSPS) is 12.1. The molecule has 0 saturated carbocycles. The minimum atomic E-state index is -0.620. The van der Waals surface area contributed by atoms with E-state index >= 15 is 0 Å². The van der Waals surface area contributed by atoms with Crippen molar-refractivity contribution in [2.24, 2.45) is 5.92 Å². The number of carbonyl (C=O) groups is 2. The molecule has 0 aliphatic carbocycles. The average molecular weight is 502 g/mol. The first kappa shape index (κ1) is 27.6. The third-order valence-corrected chi connectivity index (χ3v) is 5.66. The Balaban J connectivity index is 1.68. The number of ether oxygens (including phenoxy) is 2. The molecule has 0 aliphatic rings. The smallest absolute Gasteiger partial charge is 0.251 e. The summed E-state index contributed by atoms with van der Waals surface area (Å²) in [4.78, 5) is 29.5. The van der Waals surface area contributed by atoms with Crippen molar-refractivity contribution in [3.8, 4) is 11.8 Å². The highest BCUT2D eigenvalue weighted by Gasteiger charge is 2.25. The third kappa shape index (κ3) is 9.17. The van der Waals surface area contributed by atoms with E-state index in [2.05, 4.69) is 22.1 Å². The zero-order valence-electron chi connectivity index (χ0n) is 20.9. The summed E-state index contributed by atoms with van der Waals surface area (Å²) >= 11 is 0. The fraction of sp³-hybridized carbons (Fsp3) is 0.276. The van der Waals surface area contributed by atoms with Gasteiger partial charge in [0.25, 0.3) is 5.91 Å². The van der Waals surface area contributed by atoms with E-state index < -0.39 is 17.9 Å². The maximum Gasteiger partial charge on any atom is 0.251 e. The van der Waals surface area contributed by atoms with E-state index in [1.807, 2.05) is 37.3 Å². The number of hydrogen-bond donors (Lipinski definition) is 3. The van der Waals surface area contributed by atoms with Crippen LogP contribution in [0.3, 0.4) is 0 Å². The van der Waals surface area contributed by atoms with E-state index in [0.29, 0.717) is 12.0 Å². The first-order chi connectivity index (χ1) is 18.0. The van der Waals surface area contributed by atoms with Gasteiger partial charge in [-0.1, -0.05) is 35.6 Å². The second kappa shape index (κ2) is 14.5.